The SMILES string of the molecule is CN(C)C[C@H]1C[C@@H](O)CN1c1cc(N2Cc3cccc(Cl)c3C2)ncn1.O=C(O)C(F)(F)F. The summed E-state index contributed by atoms with van der Waals surface area (Å²) in [6.45, 7) is 3.06. The number of nitrogens with zero attached hydrogens (tertiary/aromatic N) is 5. The van der Waals surface area contributed by atoms with E-state index in [1.54, 1.807) is 6.33 Å². The lowest BCUT2D eigenvalue weighted by molar-refractivity contribution is -0.192. The van der Waals surface area contributed by atoms with E-state index in [1.165, 1.54) is 11.1 Å². The Kier molecular flexibility index (Phi) is 7.65. The number of rotatable bonds is 4. The fourth-order valence-electron chi connectivity index (χ4n) is 3.98. The van der Waals surface area contributed by atoms with E-state index in [4.69, 9.17) is 21.5 Å². The van der Waals surface area contributed by atoms with Crippen LogP contribution in [0.4, 0.5) is 24.8 Å². The van der Waals surface area contributed by atoms with Gasteiger partial charge >= 0.3 is 12.1 Å². The van der Waals surface area contributed by atoms with E-state index in [0.717, 1.165) is 42.7 Å². The molecule has 2 aliphatic rings. The number of aliphatic carboxylic acids is 1. The van der Waals surface area contributed by atoms with Crippen LogP contribution >= 0.6 is 11.6 Å². The fourth-order valence-corrected chi connectivity index (χ4v) is 4.23. The number of hydrogen-bond acceptors (Lipinski definition) is 7. The summed E-state index contributed by atoms with van der Waals surface area (Å²) >= 11 is 6.34. The highest BCUT2D eigenvalue weighted by atomic mass is 35.5. The fraction of sp³-hybridized carbons (Fsp3) is 0.476. The summed E-state index contributed by atoms with van der Waals surface area (Å²) in [7, 11) is 4.11. The number of β-amino-alcohol motifs (C(OH)–C–C–N with tert-alkyl or cyclic N) is 1. The Morgan fingerprint density at radius 3 is 2.52 bits per heavy atom. The van der Waals surface area contributed by atoms with Gasteiger partial charge in [0.2, 0.25) is 0 Å². The van der Waals surface area contributed by atoms with E-state index in [0.29, 0.717) is 6.54 Å². The number of carbonyl (C=O) groups is 1. The van der Waals surface area contributed by atoms with Crippen molar-refractivity contribution < 1.29 is 28.2 Å². The van der Waals surface area contributed by atoms with Crippen LogP contribution in [0.2, 0.25) is 5.02 Å². The second kappa shape index (κ2) is 10.1. The molecule has 1 aromatic carbocycles. The molecule has 0 saturated carbocycles. The number of aliphatic hydroxyl groups excluding tert-OH is 1. The highest BCUT2D eigenvalue weighted by molar-refractivity contribution is 6.31. The van der Waals surface area contributed by atoms with Gasteiger partial charge in [0.25, 0.3) is 0 Å². The van der Waals surface area contributed by atoms with E-state index >= 15 is 0 Å². The second-order valence-electron chi connectivity index (χ2n) is 8.23. The van der Waals surface area contributed by atoms with Gasteiger partial charge in [-0.05, 0) is 37.7 Å². The minimum atomic E-state index is -5.08. The molecule has 0 aliphatic carbocycles. The van der Waals surface area contributed by atoms with Crippen molar-refractivity contribution in [2.75, 3.05) is 37.0 Å². The first kappa shape index (κ1) is 25.0. The molecule has 0 bridgehead atoms. The Morgan fingerprint density at radius 2 is 1.91 bits per heavy atom. The normalized spacial score (nSPS) is 20.0. The van der Waals surface area contributed by atoms with Crippen LogP contribution in [-0.2, 0) is 17.9 Å². The maximum absolute atomic E-state index is 10.6. The van der Waals surface area contributed by atoms with Crippen molar-refractivity contribution in [3.63, 3.8) is 0 Å². The number of anilines is 2. The van der Waals surface area contributed by atoms with Gasteiger partial charge in [-0.2, -0.15) is 13.2 Å². The molecular formula is C21H25ClF3N5O3. The van der Waals surface area contributed by atoms with E-state index in [-0.39, 0.29) is 12.1 Å². The molecule has 2 N–H and O–H groups in total. The summed E-state index contributed by atoms with van der Waals surface area (Å²) in [5.74, 6) is -0.986. The van der Waals surface area contributed by atoms with Crippen LogP contribution in [0, 0.1) is 0 Å². The third-order valence-electron chi connectivity index (χ3n) is 5.39. The number of aliphatic hydroxyl groups is 1. The van der Waals surface area contributed by atoms with Crippen molar-refractivity contribution in [3.05, 3.63) is 46.7 Å². The van der Waals surface area contributed by atoms with Crippen molar-refractivity contribution in [1.82, 2.24) is 14.9 Å². The lowest BCUT2D eigenvalue weighted by atomic mass is 10.1. The van der Waals surface area contributed by atoms with Crippen LogP contribution in [0.25, 0.3) is 0 Å². The van der Waals surface area contributed by atoms with Gasteiger partial charge in [-0.25, -0.2) is 14.8 Å². The number of benzene rings is 1. The van der Waals surface area contributed by atoms with Crippen LogP contribution in [0.5, 0.6) is 0 Å². The van der Waals surface area contributed by atoms with Gasteiger partial charge in [0.1, 0.15) is 18.0 Å². The summed E-state index contributed by atoms with van der Waals surface area (Å²) in [5.41, 5.74) is 2.43. The molecular weight excluding hydrogens is 463 g/mol. The van der Waals surface area contributed by atoms with Crippen molar-refractivity contribution in [2.24, 2.45) is 0 Å². The Balaban J connectivity index is 0.000000383. The molecule has 0 unspecified atom stereocenters. The van der Waals surface area contributed by atoms with Gasteiger partial charge in [-0.3, -0.25) is 0 Å². The van der Waals surface area contributed by atoms with Gasteiger partial charge in [0.05, 0.1) is 6.10 Å². The number of fused-ring (bicyclic) bond motifs is 1. The zero-order valence-corrected chi connectivity index (χ0v) is 18.9. The van der Waals surface area contributed by atoms with Crippen molar-refractivity contribution in [1.29, 1.82) is 0 Å². The van der Waals surface area contributed by atoms with E-state index in [2.05, 4.69) is 44.8 Å². The first-order valence-electron chi connectivity index (χ1n) is 10.2. The van der Waals surface area contributed by atoms with E-state index in [1.807, 2.05) is 18.2 Å². The van der Waals surface area contributed by atoms with Gasteiger partial charge in [-0.15, -0.1) is 0 Å². The van der Waals surface area contributed by atoms with Crippen molar-refractivity contribution in [2.45, 2.75) is 37.8 Å². The average Bonchev–Trinajstić information content (AvgIpc) is 3.32. The molecule has 1 fully saturated rings. The molecule has 180 valence electrons. The lowest BCUT2D eigenvalue weighted by Crippen LogP contribution is -2.38. The zero-order valence-electron chi connectivity index (χ0n) is 18.1. The largest absolute Gasteiger partial charge is 0.490 e. The highest BCUT2D eigenvalue weighted by Gasteiger charge is 2.38. The van der Waals surface area contributed by atoms with Crippen LogP contribution in [0.15, 0.2) is 30.6 Å². The van der Waals surface area contributed by atoms with Gasteiger partial charge < -0.3 is 24.9 Å². The third kappa shape index (κ3) is 6.24. The number of halogens is 4. The predicted octanol–water partition coefficient (Wildman–Crippen LogP) is 2.78. The number of carboxylic acids is 1. The highest BCUT2D eigenvalue weighted by Crippen LogP contribution is 2.33. The van der Waals surface area contributed by atoms with E-state index in [9.17, 15) is 18.3 Å². The average molecular weight is 488 g/mol. The van der Waals surface area contributed by atoms with Crippen molar-refractivity contribution >= 4 is 29.2 Å². The summed E-state index contributed by atoms with van der Waals surface area (Å²) in [4.78, 5) is 24.4. The standard InChI is InChI=1S/C19H24ClN5O.C2HF3O2/c1-23(2)9-14-6-15(26)10-25(14)19-7-18(21-12-22-19)24-8-13-4-3-5-17(20)16(13)11-24;3-2(4,5)1(6)7/h3-5,7,12,14-15,26H,6,8-11H2,1-2H3;(H,6,7)/t14-,15-;/m1./s1. The summed E-state index contributed by atoms with van der Waals surface area (Å²) < 4.78 is 31.7. The molecule has 2 aliphatic heterocycles. The van der Waals surface area contributed by atoms with E-state index < -0.39 is 12.1 Å². The summed E-state index contributed by atoms with van der Waals surface area (Å²) in [6, 6.07) is 8.33. The topological polar surface area (TPSA) is 93.0 Å². The predicted molar refractivity (Wildman–Crippen MR) is 117 cm³/mol. The number of hydrogen-bond donors (Lipinski definition) is 2. The lowest BCUT2D eigenvalue weighted by Gasteiger charge is -2.28. The van der Waals surface area contributed by atoms with Gasteiger partial charge in [0, 0.05) is 43.3 Å². The minimum absolute atomic E-state index is 0.257. The molecule has 2 atom stereocenters. The van der Waals surface area contributed by atoms with Crippen LogP contribution < -0.4 is 9.80 Å². The Morgan fingerprint density at radius 1 is 1.24 bits per heavy atom. The van der Waals surface area contributed by atoms with Crippen LogP contribution in [0.3, 0.4) is 0 Å². The molecule has 0 amide bonds. The zero-order chi connectivity index (χ0) is 24.3. The maximum Gasteiger partial charge on any atom is 0.490 e. The first-order chi connectivity index (χ1) is 15.5. The quantitative estimate of drug-likeness (QED) is 0.680. The molecule has 12 heteroatoms. The second-order valence-corrected chi connectivity index (χ2v) is 8.64. The van der Waals surface area contributed by atoms with Crippen molar-refractivity contribution in [3.8, 4) is 0 Å². The van der Waals surface area contributed by atoms with Crippen LogP contribution in [-0.4, -0.2) is 76.6 Å². The molecule has 4 rings (SSSR count). The Hall–Kier alpha value is -2.63. The molecule has 2 aromatic rings. The number of aromatic nitrogens is 2. The Bertz CT molecular complexity index is 992. The molecule has 33 heavy (non-hydrogen) atoms. The molecule has 1 aromatic heterocycles. The molecule has 8 nitrogen and oxygen atoms in total. The smallest absolute Gasteiger partial charge is 0.475 e. The molecule has 0 spiro atoms. The summed E-state index contributed by atoms with van der Waals surface area (Å²) in [5, 5.41) is 18.1. The molecule has 3 heterocycles. The number of alkyl halides is 3. The number of likely N-dealkylation sites (N-methyl/N-ethyl adjacent to an activating group) is 1. The van der Waals surface area contributed by atoms with Gasteiger partial charge in [0.15, 0.2) is 0 Å². The maximum atomic E-state index is 10.6. The first-order valence-corrected chi connectivity index (χ1v) is 10.6. The monoisotopic (exact) mass is 487 g/mol. The number of carboxylic acid groups (broad SMARTS) is 1. The third-order valence-corrected chi connectivity index (χ3v) is 5.75. The molecule has 1 saturated heterocycles. The van der Waals surface area contributed by atoms with Gasteiger partial charge in [-0.1, -0.05) is 23.7 Å². The molecule has 0 radical (unpaired) electrons. The minimum Gasteiger partial charge on any atom is -0.475 e. The van der Waals surface area contributed by atoms with Crippen LogP contribution in [0.1, 0.15) is 17.5 Å². The Labute approximate surface area is 194 Å². The summed E-state index contributed by atoms with van der Waals surface area (Å²) in [6.07, 6.45) is -3.01.